The molecule has 5 unspecified atom stereocenters. The maximum atomic E-state index is 9.79. The number of ether oxygens (including phenoxy) is 2. The number of aliphatic hydroxyl groups excluding tert-OH is 1. The number of hydrogen-bond donors (Lipinski definition) is 2. The van der Waals surface area contributed by atoms with E-state index in [2.05, 4.69) is 17.1 Å². The molecule has 0 bridgehead atoms. The van der Waals surface area contributed by atoms with E-state index in [9.17, 15) is 5.11 Å². The number of rotatable bonds is 5. The Morgan fingerprint density at radius 2 is 2.17 bits per heavy atom. The van der Waals surface area contributed by atoms with Crippen LogP contribution in [-0.2, 0) is 15.9 Å². The Labute approximate surface area is 175 Å². The summed E-state index contributed by atoms with van der Waals surface area (Å²) in [4.78, 5) is 15.4. The minimum atomic E-state index is -0.674. The molecule has 2 heterocycles. The summed E-state index contributed by atoms with van der Waals surface area (Å²) in [7, 11) is 1.77. The van der Waals surface area contributed by atoms with Crippen LogP contribution in [0.5, 0.6) is 0 Å². The number of amidine groups is 1. The first kappa shape index (κ1) is 20.7. The van der Waals surface area contributed by atoms with Gasteiger partial charge < -0.3 is 20.3 Å². The van der Waals surface area contributed by atoms with Gasteiger partial charge in [0.15, 0.2) is 5.79 Å². The second kappa shape index (κ2) is 7.91. The van der Waals surface area contributed by atoms with Gasteiger partial charge >= 0.3 is 0 Å². The standard InChI is InChI=1S/C21H30N4O3S/c1-11(23-4)16(20-25-13-7-5-6-8-15(13)29-20)19(22)24-14-9-12(10-26)17-18(14)28-21(2,3)27-17/h5,7,12,14,16-18,26H,6,8-10H2,1-4H3,(H2,22,24). The SMILES string of the molecule is CN=C(C)C(C(N)=NC1CC(CO)C2OC(C)(C)OC12)c1nc2c(s1)CCC=C2. The van der Waals surface area contributed by atoms with E-state index in [0.717, 1.165) is 29.3 Å². The molecular weight excluding hydrogens is 388 g/mol. The Hall–Kier alpha value is -1.61. The summed E-state index contributed by atoms with van der Waals surface area (Å²) in [5.74, 6) is -0.420. The molecule has 5 atom stereocenters. The molecule has 4 rings (SSSR count). The predicted molar refractivity (Wildman–Crippen MR) is 116 cm³/mol. The van der Waals surface area contributed by atoms with Gasteiger partial charge in [-0.05, 0) is 46.1 Å². The van der Waals surface area contributed by atoms with E-state index < -0.39 is 5.79 Å². The highest BCUT2D eigenvalue weighted by Crippen LogP contribution is 2.43. The van der Waals surface area contributed by atoms with Crippen LogP contribution < -0.4 is 5.73 Å². The van der Waals surface area contributed by atoms with Crippen molar-refractivity contribution in [3.05, 3.63) is 21.7 Å². The van der Waals surface area contributed by atoms with Crippen molar-refractivity contribution in [1.82, 2.24) is 4.98 Å². The maximum Gasteiger partial charge on any atom is 0.163 e. The molecule has 3 N–H and O–H groups in total. The number of aliphatic imine (C=N–C) groups is 2. The quantitative estimate of drug-likeness (QED) is 0.565. The second-order valence-electron chi connectivity index (χ2n) is 8.46. The van der Waals surface area contributed by atoms with Gasteiger partial charge in [0, 0.05) is 30.2 Å². The number of fused-ring (bicyclic) bond motifs is 2. The smallest absolute Gasteiger partial charge is 0.163 e. The molecule has 8 heteroatoms. The molecule has 3 aliphatic rings. The van der Waals surface area contributed by atoms with E-state index in [1.165, 1.54) is 4.88 Å². The lowest BCUT2D eigenvalue weighted by Gasteiger charge is -2.22. The van der Waals surface area contributed by atoms with Gasteiger partial charge in [-0.3, -0.25) is 9.98 Å². The Bertz CT molecular complexity index is 860. The normalized spacial score (nSPS) is 32.3. The molecule has 2 aliphatic carbocycles. The molecule has 1 saturated heterocycles. The number of nitrogens with zero attached hydrogens (tertiary/aromatic N) is 3. The summed E-state index contributed by atoms with van der Waals surface area (Å²) in [6.07, 6.45) is 6.63. The number of aliphatic hydroxyl groups is 1. The van der Waals surface area contributed by atoms with Gasteiger partial charge in [0.25, 0.3) is 0 Å². The number of thiazole rings is 1. The van der Waals surface area contributed by atoms with Crippen LogP contribution in [0.3, 0.4) is 0 Å². The molecule has 1 aromatic rings. The first-order valence-electron chi connectivity index (χ1n) is 10.2. The molecule has 29 heavy (non-hydrogen) atoms. The third-order valence-corrected chi connectivity index (χ3v) is 7.17. The summed E-state index contributed by atoms with van der Waals surface area (Å²) in [5.41, 5.74) is 8.48. The molecule has 0 spiro atoms. The average Bonchev–Trinajstić information content (AvgIpc) is 3.33. The summed E-state index contributed by atoms with van der Waals surface area (Å²) in [6.45, 7) is 5.81. The molecule has 0 amide bonds. The molecule has 158 valence electrons. The Morgan fingerprint density at radius 3 is 2.86 bits per heavy atom. The average molecular weight is 419 g/mol. The lowest BCUT2D eigenvalue weighted by molar-refractivity contribution is -0.159. The van der Waals surface area contributed by atoms with Gasteiger partial charge in [-0.2, -0.15) is 0 Å². The molecule has 7 nitrogen and oxygen atoms in total. The van der Waals surface area contributed by atoms with Crippen molar-refractivity contribution in [2.75, 3.05) is 13.7 Å². The highest BCUT2D eigenvalue weighted by atomic mass is 32.1. The van der Waals surface area contributed by atoms with Gasteiger partial charge in [-0.15, -0.1) is 11.3 Å². The fourth-order valence-corrected chi connectivity index (χ4v) is 5.75. The zero-order chi connectivity index (χ0) is 20.8. The Balaban J connectivity index is 1.64. The molecule has 1 aliphatic heterocycles. The zero-order valence-electron chi connectivity index (χ0n) is 17.5. The van der Waals surface area contributed by atoms with Crippen LogP contribution in [-0.4, -0.2) is 59.3 Å². The van der Waals surface area contributed by atoms with Crippen molar-refractivity contribution in [2.45, 2.75) is 70.0 Å². The van der Waals surface area contributed by atoms with Crippen LogP contribution in [0.2, 0.25) is 0 Å². The summed E-state index contributed by atoms with van der Waals surface area (Å²) >= 11 is 1.70. The molecular formula is C21H30N4O3S. The van der Waals surface area contributed by atoms with E-state index in [1.807, 2.05) is 20.8 Å². The lowest BCUT2D eigenvalue weighted by atomic mass is 10.0. The molecule has 2 fully saturated rings. The van der Waals surface area contributed by atoms with Crippen LogP contribution in [0, 0.1) is 5.92 Å². The van der Waals surface area contributed by atoms with Crippen molar-refractivity contribution >= 4 is 29.0 Å². The topological polar surface area (TPSA) is 102 Å². The van der Waals surface area contributed by atoms with Crippen molar-refractivity contribution in [3.63, 3.8) is 0 Å². The lowest BCUT2D eigenvalue weighted by Crippen LogP contribution is -2.33. The molecule has 1 aromatic heterocycles. The maximum absolute atomic E-state index is 9.79. The predicted octanol–water partition coefficient (Wildman–Crippen LogP) is 2.53. The highest BCUT2D eigenvalue weighted by molar-refractivity contribution is 7.12. The molecule has 0 radical (unpaired) electrons. The fourth-order valence-electron chi connectivity index (χ4n) is 4.50. The number of allylic oxidation sites excluding steroid dienone is 1. The summed E-state index contributed by atoms with van der Waals surface area (Å²) < 4.78 is 12.1. The van der Waals surface area contributed by atoms with E-state index in [1.54, 1.807) is 18.4 Å². The van der Waals surface area contributed by atoms with Gasteiger partial charge in [-0.25, -0.2) is 4.98 Å². The van der Waals surface area contributed by atoms with Crippen LogP contribution in [0.25, 0.3) is 6.08 Å². The monoisotopic (exact) mass is 418 g/mol. The second-order valence-corrected chi connectivity index (χ2v) is 9.58. The number of hydrogen-bond acceptors (Lipinski definition) is 7. The van der Waals surface area contributed by atoms with Crippen molar-refractivity contribution in [1.29, 1.82) is 0 Å². The van der Waals surface area contributed by atoms with E-state index in [0.29, 0.717) is 12.3 Å². The van der Waals surface area contributed by atoms with Crippen molar-refractivity contribution < 1.29 is 14.6 Å². The third-order valence-electron chi connectivity index (χ3n) is 5.97. The Kier molecular flexibility index (Phi) is 5.63. The van der Waals surface area contributed by atoms with E-state index in [-0.39, 0.29) is 36.7 Å². The van der Waals surface area contributed by atoms with Crippen LogP contribution in [0.1, 0.15) is 55.1 Å². The largest absolute Gasteiger partial charge is 0.396 e. The third kappa shape index (κ3) is 3.91. The van der Waals surface area contributed by atoms with Crippen LogP contribution >= 0.6 is 11.3 Å². The van der Waals surface area contributed by atoms with Gasteiger partial charge in [0.1, 0.15) is 22.9 Å². The minimum Gasteiger partial charge on any atom is -0.396 e. The first-order chi connectivity index (χ1) is 13.8. The van der Waals surface area contributed by atoms with Crippen LogP contribution in [0.4, 0.5) is 0 Å². The van der Waals surface area contributed by atoms with Gasteiger partial charge in [0.05, 0.1) is 17.8 Å². The first-order valence-corrected chi connectivity index (χ1v) is 11.0. The summed E-state index contributed by atoms with van der Waals surface area (Å²) in [5, 5.41) is 10.7. The van der Waals surface area contributed by atoms with E-state index >= 15 is 0 Å². The highest BCUT2D eigenvalue weighted by Gasteiger charge is 2.54. The summed E-state index contributed by atoms with van der Waals surface area (Å²) in [6, 6.07) is -0.152. The molecule has 1 saturated carbocycles. The zero-order valence-corrected chi connectivity index (χ0v) is 18.3. The Morgan fingerprint density at radius 1 is 1.41 bits per heavy atom. The molecule has 0 aromatic carbocycles. The number of nitrogens with two attached hydrogens (primary N) is 1. The van der Waals surface area contributed by atoms with Gasteiger partial charge in [0.2, 0.25) is 0 Å². The fraction of sp³-hybridized carbons (Fsp3) is 0.667. The van der Waals surface area contributed by atoms with Crippen LogP contribution in [0.15, 0.2) is 16.1 Å². The number of aromatic nitrogens is 1. The van der Waals surface area contributed by atoms with Crippen molar-refractivity contribution in [2.24, 2.45) is 21.6 Å². The number of aryl methyl sites for hydroxylation is 1. The van der Waals surface area contributed by atoms with E-state index in [4.69, 9.17) is 25.2 Å². The minimum absolute atomic E-state index is 0.0000258. The van der Waals surface area contributed by atoms with Gasteiger partial charge in [-0.1, -0.05) is 6.08 Å². The van der Waals surface area contributed by atoms with Crippen molar-refractivity contribution in [3.8, 4) is 0 Å².